The summed E-state index contributed by atoms with van der Waals surface area (Å²) >= 11 is 0. The molecule has 0 radical (unpaired) electrons. The van der Waals surface area contributed by atoms with Crippen molar-refractivity contribution in [3.8, 4) is 17.2 Å². The van der Waals surface area contributed by atoms with Gasteiger partial charge in [-0.05, 0) is 6.92 Å². The van der Waals surface area contributed by atoms with E-state index in [9.17, 15) is 4.79 Å². The molecule has 0 heterocycles. The summed E-state index contributed by atoms with van der Waals surface area (Å²) in [6, 6.07) is 4.07. The number of ketones is 1. The first-order chi connectivity index (χ1) is 6.99. The van der Waals surface area contributed by atoms with Crippen molar-refractivity contribution in [1.82, 2.24) is 0 Å². The second-order valence-electron chi connectivity index (χ2n) is 2.94. The van der Waals surface area contributed by atoms with Crippen LogP contribution in [0, 0.1) is 0 Å². The van der Waals surface area contributed by atoms with Crippen LogP contribution in [0.1, 0.15) is 20.3 Å². The highest BCUT2D eigenvalue weighted by Crippen LogP contribution is 2.24. The first-order valence-corrected chi connectivity index (χ1v) is 4.56. The second-order valence-corrected chi connectivity index (χ2v) is 2.94. The number of ether oxygens (including phenoxy) is 1. The monoisotopic (exact) mass is 212 g/mol. The van der Waals surface area contributed by atoms with Gasteiger partial charge in [0.15, 0.2) is 0 Å². The molecule has 0 saturated heterocycles. The van der Waals surface area contributed by atoms with Gasteiger partial charge < -0.3 is 19.7 Å². The highest BCUT2D eigenvalue weighted by molar-refractivity contribution is 5.74. The number of hydrogen-bond donors (Lipinski definition) is 2. The van der Waals surface area contributed by atoms with Crippen LogP contribution in [0.25, 0.3) is 0 Å². The molecule has 4 heteroatoms. The zero-order chi connectivity index (χ0) is 11.8. The number of hydrogen-bond acceptors (Lipinski definition) is 4. The van der Waals surface area contributed by atoms with Gasteiger partial charge in [-0.3, -0.25) is 0 Å². The van der Waals surface area contributed by atoms with Gasteiger partial charge in [-0.15, -0.1) is 0 Å². The number of methoxy groups -OCH3 is 1. The maximum absolute atomic E-state index is 9.81. The Labute approximate surface area is 89.1 Å². The molecule has 84 valence electrons. The summed E-state index contributed by atoms with van der Waals surface area (Å²) in [5.74, 6) is 0.691. The van der Waals surface area contributed by atoms with Gasteiger partial charge in [-0.2, -0.15) is 0 Å². The molecular formula is C11H16O4. The maximum Gasteiger partial charge on any atom is 0.129 e. The molecule has 0 aliphatic heterocycles. The maximum atomic E-state index is 9.81. The van der Waals surface area contributed by atoms with E-state index in [1.54, 1.807) is 6.92 Å². The number of phenols is 2. The Bertz CT molecular complexity index is 300. The van der Waals surface area contributed by atoms with Crippen molar-refractivity contribution in [3.05, 3.63) is 18.2 Å². The van der Waals surface area contributed by atoms with E-state index in [1.165, 1.54) is 25.3 Å². The average molecular weight is 212 g/mol. The molecule has 1 aromatic rings. The Balaban J connectivity index is 0.000000336. The molecule has 0 bridgehead atoms. The largest absolute Gasteiger partial charge is 0.508 e. The zero-order valence-corrected chi connectivity index (χ0v) is 9.15. The molecular weight excluding hydrogens is 196 g/mol. The predicted molar refractivity (Wildman–Crippen MR) is 57.3 cm³/mol. The van der Waals surface area contributed by atoms with Crippen molar-refractivity contribution < 1.29 is 19.7 Å². The van der Waals surface area contributed by atoms with Gasteiger partial charge >= 0.3 is 0 Å². The number of carbonyl (C=O) groups excluding carboxylic acids is 1. The topological polar surface area (TPSA) is 66.8 Å². The Morgan fingerprint density at radius 1 is 1.27 bits per heavy atom. The summed E-state index contributed by atoms with van der Waals surface area (Å²) in [4.78, 5) is 9.81. The third-order valence-electron chi connectivity index (χ3n) is 1.61. The van der Waals surface area contributed by atoms with Gasteiger partial charge in [0.05, 0.1) is 7.11 Å². The van der Waals surface area contributed by atoms with Gasteiger partial charge in [0, 0.05) is 24.6 Å². The fourth-order valence-corrected chi connectivity index (χ4v) is 0.686. The van der Waals surface area contributed by atoms with E-state index in [-0.39, 0.29) is 17.3 Å². The lowest BCUT2D eigenvalue weighted by Crippen LogP contribution is -1.80. The number of phenolic OH excluding ortho intramolecular Hbond substituents is 2. The van der Waals surface area contributed by atoms with Gasteiger partial charge in [0.2, 0.25) is 0 Å². The smallest absolute Gasteiger partial charge is 0.129 e. The highest BCUT2D eigenvalue weighted by atomic mass is 16.5. The Kier molecular flexibility index (Phi) is 5.94. The zero-order valence-electron chi connectivity index (χ0n) is 9.15. The van der Waals surface area contributed by atoms with Crippen LogP contribution >= 0.6 is 0 Å². The summed E-state index contributed by atoms with van der Waals surface area (Å²) in [5.41, 5.74) is 0. The minimum atomic E-state index is -0.00292. The number of aromatic hydroxyl groups is 2. The van der Waals surface area contributed by atoms with Crippen LogP contribution in [0.4, 0.5) is 0 Å². The minimum Gasteiger partial charge on any atom is -0.508 e. The van der Waals surface area contributed by atoms with Crippen LogP contribution in [0.5, 0.6) is 17.2 Å². The van der Waals surface area contributed by atoms with Crippen LogP contribution < -0.4 is 4.74 Å². The van der Waals surface area contributed by atoms with E-state index in [1.807, 2.05) is 6.92 Å². The van der Waals surface area contributed by atoms with E-state index >= 15 is 0 Å². The highest BCUT2D eigenvalue weighted by Gasteiger charge is 1.96. The molecule has 0 aromatic heterocycles. The van der Waals surface area contributed by atoms with Gasteiger partial charge in [-0.1, -0.05) is 6.92 Å². The number of carbonyl (C=O) groups is 1. The molecule has 0 aliphatic carbocycles. The Morgan fingerprint density at radius 3 is 1.93 bits per heavy atom. The lowest BCUT2D eigenvalue weighted by Gasteiger charge is -1.99. The van der Waals surface area contributed by atoms with Gasteiger partial charge in [0.1, 0.15) is 23.0 Å². The van der Waals surface area contributed by atoms with E-state index in [2.05, 4.69) is 0 Å². The Morgan fingerprint density at radius 2 is 1.67 bits per heavy atom. The summed E-state index contributed by atoms with van der Waals surface area (Å²) in [5, 5.41) is 17.8. The summed E-state index contributed by atoms with van der Waals surface area (Å²) in [6.45, 7) is 3.43. The number of benzene rings is 1. The molecule has 4 nitrogen and oxygen atoms in total. The van der Waals surface area contributed by atoms with E-state index < -0.39 is 0 Å². The molecule has 0 amide bonds. The number of Topliss-reactive ketones (excluding diaryl/α,β-unsaturated/α-hetero) is 1. The molecule has 2 N–H and O–H groups in total. The van der Waals surface area contributed by atoms with Gasteiger partial charge in [-0.25, -0.2) is 0 Å². The Hall–Kier alpha value is -1.71. The van der Waals surface area contributed by atoms with E-state index in [4.69, 9.17) is 14.9 Å². The van der Waals surface area contributed by atoms with Crippen molar-refractivity contribution >= 4 is 5.78 Å². The quantitative estimate of drug-likeness (QED) is 0.787. The average Bonchev–Trinajstić information content (AvgIpc) is 2.17. The van der Waals surface area contributed by atoms with Crippen LogP contribution in [0.2, 0.25) is 0 Å². The van der Waals surface area contributed by atoms with Crippen molar-refractivity contribution in [2.45, 2.75) is 20.3 Å². The van der Waals surface area contributed by atoms with Crippen molar-refractivity contribution in [3.63, 3.8) is 0 Å². The van der Waals surface area contributed by atoms with E-state index in [0.717, 1.165) is 0 Å². The molecule has 1 aromatic carbocycles. The van der Waals surface area contributed by atoms with Crippen LogP contribution in [-0.2, 0) is 4.79 Å². The third kappa shape index (κ3) is 6.37. The summed E-state index contributed by atoms with van der Waals surface area (Å²) in [7, 11) is 1.47. The van der Waals surface area contributed by atoms with Gasteiger partial charge in [0.25, 0.3) is 0 Å². The molecule has 0 fully saturated rings. The molecule has 0 spiro atoms. The first-order valence-electron chi connectivity index (χ1n) is 4.56. The van der Waals surface area contributed by atoms with Crippen LogP contribution in [0.3, 0.4) is 0 Å². The lowest BCUT2D eigenvalue weighted by molar-refractivity contribution is -0.116. The lowest BCUT2D eigenvalue weighted by atomic mass is 10.3. The fourth-order valence-electron chi connectivity index (χ4n) is 0.686. The molecule has 15 heavy (non-hydrogen) atoms. The number of rotatable bonds is 2. The molecule has 0 aliphatic rings. The van der Waals surface area contributed by atoms with Crippen molar-refractivity contribution in [2.75, 3.05) is 7.11 Å². The molecule has 0 saturated carbocycles. The molecule has 0 unspecified atom stereocenters. The SMILES string of the molecule is CCC(C)=O.COc1cc(O)cc(O)c1. The molecule has 0 atom stereocenters. The standard InChI is InChI=1S/C7H8O3.C4H8O/c1-10-7-3-5(8)2-6(9)4-7;1-3-4(2)5/h2-4,8-9H,1H3;3H2,1-2H3. The fraction of sp³-hybridized carbons (Fsp3) is 0.364. The molecule has 1 rings (SSSR count). The van der Waals surface area contributed by atoms with Crippen LogP contribution in [-0.4, -0.2) is 23.1 Å². The van der Waals surface area contributed by atoms with E-state index in [0.29, 0.717) is 12.2 Å². The third-order valence-corrected chi connectivity index (χ3v) is 1.61. The van der Waals surface area contributed by atoms with Crippen molar-refractivity contribution in [2.24, 2.45) is 0 Å². The normalized spacial score (nSPS) is 8.73. The first kappa shape index (κ1) is 13.3. The van der Waals surface area contributed by atoms with Crippen molar-refractivity contribution in [1.29, 1.82) is 0 Å². The summed E-state index contributed by atoms with van der Waals surface area (Å²) in [6.07, 6.45) is 0.667. The van der Waals surface area contributed by atoms with Crippen LogP contribution in [0.15, 0.2) is 18.2 Å². The second kappa shape index (κ2) is 6.70. The predicted octanol–water partition coefficient (Wildman–Crippen LogP) is 2.09. The minimum absolute atomic E-state index is 0.00292. The summed E-state index contributed by atoms with van der Waals surface area (Å²) < 4.78 is 4.76.